The Hall–Kier alpha value is -0.611. The summed E-state index contributed by atoms with van der Waals surface area (Å²) < 4.78 is 2.77. The van der Waals surface area contributed by atoms with Crippen molar-refractivity contribution in [2.75, 3.05) is 0 Å². The molecule has 0 fully saturated rings. The molecule has 0 nitrogen and oxygen atoms in total. The molecule has 0 saturated carbocycles. The van der Waals surface area contributed by atoms with E-state index in [1.54, 1.807) is 0 Å². The molecule has 0 aliphatic carbocycles. The minimum atomic E-state index is 1.16. The first-order valence-corrected chi connectivity index (χ1v) is 3.27. The maximum atomic E-state index is 3.08. The van der Waals surface area contributed by atoms with Crippen molar-refractivity contribution in [3.05, 3.63) is 35.9 Å². The molecule has 9 heavy (non-hydrogen) atoms. The van der Waals surface area contributed by atoms with E-state index in [2.05, 4.69) is 20.2 Å². The second-order valence-corrected chi connectivity index (χ2v) is 2.00. The predicted octanol–water partition coefficient (Wildman–Crippen LogP) is 1.65. The Bertz CT molecular complexity index is 220. The Morgan fingerprint density at radius 1 is 1.22 bits per heavy atom. The van der Waals surface area contributed by atoms with Crippen LogP contribution in [0.15, 0.2) is 30.3 Å². The number of hydrogen-bond donors (Lipinski definition) is 0. The van der Waals surface area contributed by atoms with Crippen molar-refractivity contribution in [1.29, 1.82) is 0 Å². The molecule has 0 N–H and O–H groups in total. The van der Waals surface area contributed by atoms with Crippen LogP contribution in [0.25, 0.3) is 6.08 Å². The van der Waals surface area contributed by atoms with Gasteiger partial charge in [-0.1, -0.05) is 0 Å². The van der Waals surface area contributed by atoms with Crippen LogP contribution >= 0.6 is 0 Å². The molecule has 0 aliphatic heterocycles. The molecule has 0 heterocycles. The first-order chi connectivity index (χ1) is 4.43. The van der Waals surface area contributed by atoms with E-state index in [0.29, 0.717) is 0 Å². The van der Waals surface area contributed by atoms with Crippen molar-refractivity contribution in [3.8, 4) is 0 Å². The third-order valence-electron chi connectivity index (χ3n) is 1.02. The van der Waals surface area contributed by atoms with Gasteiger partial charge in [-0.3, -0.25) is 0 Å². The van der Waals surface area contributed by atoms with E-state index in [4.69, 9.17) is 0 Å². The van der Waals surface area contributed by atoms with Crippen LogP contribution in [-0.4, -0.2) is 4.58 Å². The monoisotopic (exact) mass is 157 g/mol. The number of rotatable bonds is 1. The van der Waals surface area contributed by atoms with Gasteiger partial charge in [0.15, 0.2) is 0 Å². The van der Waals surface area contributed by atoms with Crippen LogP contribution in [0, 0.1) is 0 Å². The van der Waals surface area contributed by atoms with E-state index >= 15 is 0 Å². The maximum absolute atomic E-state index is 3.08. The van der Waals surface area contributed by atoms with Gasteiger partial charge in [-0.2, -0.15) is 0 Å². The zero-order valence-corrected chi connectivity index (χ0v) is 6.02. The summed E-state index contributed by atoms with van der Waals surface area (Å²) in [6.45, 7) is 0. The van der Waals surface area contributed by atoms with E-state index in [-0.39, 0.29) is 0 Å². The summed E-state index contributed by atoms with van der Waals surface area (Å²) in [4.78, 5) is 0. The van der Waals surface area contributed by atoms with Crippen LogP contribution in [0.1, 0.15) is 5.56 Å². The molecule has 45 valence electrons. The Kier molecular flexibility index (Phi) is 2.47. The summed E-state index contributed by atoms with van der Waals surface area (Å²) >= 11 is 3.08. The van der Waals surface area contributed by atoms with Crippen LogP contribution < -0.4 is 0 Å². The van der Waals surface area contributed by atoms with Gasteiger partial charge in [0.2, 0.25) is 0 Å². The van der Waals surface area contributed by atoms with E-state index in [1.165, 1.54) is 0 Å². The third-order valence-corrected chi connectivity index (χ3v) is 1.19. The minimum absolute atomic E-state index is 1.16. The summed E-state index contributed by atoms with van der Waals surface area (Å²) in [5.41, 5.74) is 1.16. The van der Waals surface area contributed by atoms with Crippen molar-refractivity contribution < 1.29 is 15.6 Å². The molecule has 1 rings (SSSR count). The van der Waals surface area contributed by atoms with Gasteiger partial charge in [-0.05, 0) is 0 Å². The van der Waals surface area contributed by atoms with Gasteiger partial charge in [-0.15, -0.1) is 0 Å². The molecule has 0 aliphatic rings. The van der Waals surface area contributed by atoms with Crippen molar-refractivity contribution >= 4 is 10.7 Å². The summed E-state index contributed by atoms with van der Waals surface area (Å²) in [6, 6.07) is 10.0. The van der Waals surface area contributed by atoms with Crippen LogP contribution in [-0.2, 0) is 15.6 Å². The molecular formula is C8H6Mn. The van der Waals surface area contributed by atoms with Crippen molar-refractivity contribution in [2.45, 2.75) is 0 Å². The van der Waals surface area contributed by atoms with Gasteiger partial charge in [0.25, 0.3) is 0 Å². The second-order valence-electron chi connectivity index (χ2n) is 1.66. The van der Waals surface area contributed by atoms with E-state index in [9.17, 15) is 0 Å². The first-order valence-electron chi connectivity index (χ1n) is 2.68. The number of hydrogen-bond acceptors (Lipinski definition) is 0. The Labute approximate surface area is 62.6 Å². The van der Waals surface area contributed by atoms with Gasteiger partial charge < -0.3 is 0 Å². The SMILES string of the molecule is [Mn]=[C]=Cc1ccccc1. The van der Waals surface area contributed by atoms with Gasteiger partial charge in [0.05, 0.1) is 0 Å². The summed E-state index contributed by atoms with van der Waals surface area (Å²) in [5.74, 6) is 0. The van der Waals surface area contributed by atoms with Gasteiger partial charge in [-0.25, -0.2) is 0 Å². The standard InChI is InChI=1S/C8H6.Mn/c1-2-8-6-4-3-5-7-8;/h2-7H;. The quantitative estimate of drug-likeness (QED) is 0.543. The molecule has 0 bridgehead atoms. The molecule has 1 aromatic carbocycles. The topological polar surface area (TPSA) is 0 Å². The molecule has 0 unspecified atom stereocenters. The molecule has 1 aromatic rings. The molecule has 0 radical (unpaired) electrons. The zero-order chi connectivity index (χ0) is 6.53. The average molecular weight is 157 g/mol. The molecule has 0 spiro atoms. The fourth-order valence-corrected chi connectivity index (χ4v) is 0.809. The van der Waals surface area contributed by atoms with Crippen LogP contribution in [0.3, 0.4) is 0 Å². The summed E-state index contributed by atoms with van der Waals surface area (Å²) in [6.07, 6.45) is 1.88. The number of benzene rings is 1. The Balaban J connectivity index is 2.97. The van der Waals surface area contributed by atoms with Crippen molar-refractivity contribution in [2.24, 2.45) is 0 Å². The molecule has 0 aromatic heterocycles. The Morgan fingerprint density at radius 2 is 1.89 bits per heavy atom. The van der Waals surface area contributed by atoms with Crippen LogP contribution in [0.4, 0.5) is 0 Å². The average Bonchev–Trinajstić information content (AvgIpc) is 1.91. The molecule has 0 saturated heterocycles. The van der Waals surface area contributed by atoms with Gasteiger partial charge in [0, 0.05) is 0 Å². The fraction of sp³-hybridized carbons (Fsp3) is 0. The molecule has 0 amide bonds. The molecular weight excluding hydrogens is 151 g/mol. The first kappa shape index (κ1) is 6.51. The summed E-state index contributed by atoms with van der Waals surface area (Å²) in [7, 11) is 0. The van der Waals surface area contributed by atoms with E-state index in [1.807, 2.05) is 36.4 Å². The van der Waals surface area contributed by atoms with Crippen LogP contribution in [0.5, 0.6) is 0 Å². The van der Waals surface area contributed by atoms with Crippen LogP contribution in [0.2, 0.25) is 0 Å². The van der Waals surface area contributed by atoms with E-state index < -0.39 is 0 Å². The molecule has 0 atom stereocenters. The van der Waals surface area contributed by atoms with Crippen molar-refractivity contribution in [1.82, 2.24) is 0 Å². The van der Waals surface area contributed by atoms with Gasteiger partial charge >= 0.3 is 62.1 Å². The summed E-state index contributed by atoms with van der Waals surface area (Å²) in [5, 5.41) is 0. The zero-order valence-electron chi connectivity index (χ0n) is 4.84. The fourth-order valence-electron chi connectivity index (χ4n) is 0.612. The normalized spacial score (nSPS) is 8.00. The second kappa shape index (κ2) is 3.42. The molecule has 1 heteroatoms. The van der Waals surface area contributed by atoms with E-state index in [0.717, 1.165) is 5.56 Å². The predicted molar refractivity (Wildman–Crippen MR) is 35.9 cm³/mol. The van der Waals surface area contributed by atoms with Gasteiger partial charge in [0.1, 0.15) is 0 Å². The Morgan fingerprint density at radius 3 is 2.44 bits per heavy atom. The van der Waals surface area contributed by atoms with Crippen molar-refractivity contribution in [3.63, 3.8) is 0 Å². The third kappa shape index (κ3) is 1.99.